The lowest BCUT2D eigenvalue weighted by molar-refractivity contribution is -0.119. The van der Waals surface area contributed by atoms with E-state index >= 15 is 4.39 Å². The molecule has 168 valence electrons. The molecule has 9 heteroatoms. The largest absolute Gasteiger partial charge is 0.482 e. The molecule has 2 atom stereocenters. The zero-order valence-electron chi connectivity index (χ0n) is 17.4. The minimum atomic E-state index is -0.690. The highest BCUT2D eigenvalue weighted by atomic mass is 35.5. The maximum Gasteiger partial charge on any atom is 0.262 e. The average Bonchev–Trinajstić information content (AvgIpc) is 3.57. The molecule has 2 amide bonds. The predicted molar refractivity (Wildman–Crippen MR) is 117 cm³/mol. The molecule has 7 nitrogen and oxygen atoms in total. The van der Waals surface area contributed by atoms with E-state index in [4.69, 9.17) is 22.1 Å². The highest BCUT2D eigenvalue weighted by molar-refractivity contribution is 6.35. The van der Waals surface area contributed by atoms with Gasteiger partial charge in [0.15, 0.2) is 12.4 Å². The topological polar surface area (TPSA) is 111 Å². The van der Waals surface area contributed by atoms with Crippen LogP contribution in [0.25, 0.3) is 0 Å². The van der Waals surface area contributed by atoms with Crippen molar-refractivity contribution in [2.45, 2.75) is 38.3 Å². The Labute approximate surface area is 189 Å². The number of nitrogens with one attached hydrogen (secondary N) is 2. The van der Waals surface area contributed by atoms with E-state index in [1.54, 1.807) is 6.07 Å². The molecule has 1 fully saturated rings. The number of hydrogen-bond donors (Lipinski definition) is 3. The van der Waals surface area contributed by atoms with E-state index in [2.05, 4.69) is 10.6 Å². The van der Waals surface area contributed by atoms with Gasteiger partial charge in [0.1, 0.15) is 11.6 Å². The van der Waals surface area contributed by atoms with Gasteiger partial charge < -0.3 is 21.1 Å². The van der Waals surface area contributed by atoms with Gasteiger partial charge in [-0.15, -0.1) is 0 Å². The zero-order valence-corrected chi connectivity index (χ0v) is 18.2. The Hall–Kier alpha value is -2.97. The standard InChI is InChI=1S/C23H23ClFN3O4/c1-11(8-18(26)29)27-22(12-2-3-12)14-5-6-15(24)20(21(14)25)23(31)13-4-7-16-17(9-13)32-10-19(30)28-16/h4-7,9,11-12,22,27H,2-3,8,10H2,1H3,(H2,26,29)(H,28,30)/t11-,22+/m0/s1. The molecule has 0 spiro atoms. The number of fused-ring (bicyclic) bond motifs is 1. The summed E-state index contributed by atoms with van der Waals surface area (Å²) in [6, 6.07) is 6.96. The summed E-state index contributed by atoms with van der Waals surface area (Å²) in [6.45, 7) is 1.65. The van der Waals surface area contributed by atoms with E-state index in [0.717, 1.165) is 12.8 Å². The fourth-order valence-electron chi connectivity index (χ4n) is 3.95. The number of nitrogens with two attached hydrogens (primary N) is 1. The second kappa shape index (κ2) is 8.88. The van der Waals surface area contributed by atoms with Gasteiger partial charge in [0.2, 0.25) is 5.91 Å². The van der Waals surface area contributed by atoms with Crippen LogP contribution in [-0.2, 0) is 9.59 Å². The van der Waals surface area contributed by atoms with Gasteiger partial charge in [-0.2, -0.15) is 0 Å². The minimum absolute atomic E-state index is 0.00271. The molecule has 0 radical (unpaired) electrons. The van der Waals surface area contributed by atoms with Gasteiger partial charge in [-0.05, 0) is 49.9 Å². The van der Waals surface area contributed by atoms with E-state index in [1.165, 1.54) is 24.3 Å². The average molecular weight is 460 g/mol. The summed E-state index contributed by atoms with van der Waals surface area (Å²) >= 11 is 6.25. The summed E-state index contributed by atoms with van der Waals surface area (Å²) in [6.07, 6.45) is 1.95. The van der Waals surface area contributed by atoms with Crippen LogP contribution in [0.3, 0.4) is 0 Å². The zero-order chi connectivity index (χ0) is 23.0. The van der Waals surface area contributed by atoms with Gasteiger partial charge in [-0.3, -0.25) is 14.4 Å². The molecule has 0 aromatic heterocycles. The third kappa shape index (κ3) is 4.61. The van der Waals surface area contributed by atoms with Crippen molar-refractivity contribution in [3.8, 4) is 5.75 Å². The lowest BCUT2D eigenvalue weighted by Crippen LogP contribution is -2.35. The second-order valence-corrected chi connectivity index (χ2v) is 8.66. The fourth-order valence-corrected chi connectivity index (χ4v) is 4.19. The van der Waals surface area contributed by atoms with Crippen molar-refractivity contribution in [1.82, 2.24) is 5.32 Å². The Bertz CT molecular complexity index is 1100. The molecule has 1 saturated carbocycles. The first kappa shape index (κ1) is 22.2. The number of ether oxygens (including phenoxy) is 1. The summed E-state index contributed by atoms with van der Waals surface area (Å²) in [4.78, 5) is 35.9. The third-order valence-corrected chi connectivity index (χ3v) is 5.94. The molecule has 0 unspecified atom stereocenters. The van der Waals surface area contributed by atoms with Crippen LogP contribution >= 0.6 is 11.6 Å². The first-order valence-corrected chi connectivity index (χ1v) is 10.8. The van der Waals surface area contributed by atoms with Gasteiger partial charge >= 0.3 is 0 Å². The molecule has 2 aliphatic rings. The smallest absolute Gasteiger partial charge is 0.262 e. The highest BCUT2D eigenvalue weighted by Gasteiger charge is 2.36. The van der Waals surface area contributed by atoms with Crippen molar-refractivity contribution in [3.05, 3.63) is 57.9 Å². The van der Waals surface area contributed by atoms with Gasteiger partial charge in [-0.1, -0.05) is 17.7 Å². The van der Waals surface area contributed by atoms with Gasteiger partial charge in [0, 0.05) is 29.6 Å². The maximum absolute atomic E-state index is 15.7. The quantitative estimate of drug-likeness (QED) is 0.524. The number of benzene rings is 2. The van der Waals surface area contributed by atoms with Gasteiger partial charge in [0.25, 0.3) is 5.91 Å². The summed E-state index contributed by atoms with van der Waals surface area (Å²) in [5.74, 6) is -1.48. The van der Waals surface area contributed by atoms with Crippen molar-refractivity contribution in [2.75, 3.05) is 11.9 Å². The SMILES string of the molecule is C[C@@H](CC(N)=O)N[C@@H](c1ccc(Cl)c(C(=O)c2ccc3c(c2)OCC(=O)N3)c1F)C1CC1. The lowest BCUT2D eigenvalue weighted by atomic mass is 9.94. The van der Waals surface area contributed by atoms with Crippen molar-refractivity contribution < 1.29 is 23.5 Å². The Balaban J connectivity index is 1.66. The predicted octanol–water partition coefficient (Wildman–Crippen LogP) is 3.35. The monoisotopic (exact) mass is 459 g/mol. The van der Waals surface area contributed by atoms with Gasteiger partial charge in [0.05, 0.1) is 16.3 Å². The number of primary amides is 1. The number of rotatable bonds is 8. The van der Waals surface area contributed by atoms with Crippen LogP contribution in [0.1, 0.15) is 53.7 Å². The molecular weight excluding hydrogens is 437 g/mol. The molecule has 1 aliphatic heterocycles. The molecular formula is C23H23ClFN3O4. The van der Waals surface area contributed by atoms with E-state index in [-0.39, 0.29) is 53.1 Å². The minimum Gasteiger partial charge on any atom is -0.482 e. The Kier molecular flexibility index (Phi) is 6.17. The van der Waals surface area contributed by atoms with E-state index in [0.29, 0.717) is 17.0 Å². The normalized spacial score (nSPS) is 17.0. The number of amides is 2. The Morgan fingerprint density at radius 2 is 2.06 bits per heavy atom. The molecule has 4 N–H and O–H groups in total. The van der Waals surface area contributed by atoms with Crippen LogP contribution in [0, 0.1) is 11.7 Å². The number of ketones is 1. The molecule has 1 heterocycles. The summed E-state index contributed by atoms with van der Waals surface area (Å²) in [7, 11) is 0. The van der Waals surface area contributed by atoms with Crippen molar-refractivity contribution >= 4 is 34.9 Å². The Morgan fingerprint density at radius 3 is 2.75 bits per heavy atom. The van der Waals surface area contributed by atoms with Crippen LogP contribution in [0.4, 0.5) is 10.1 Å². The van der Waals surface area contributed by atoms with E-state index in [9.17, 15) is 14.4 Å². The molecule has 0 bridgehead atoms. The summed E-state index contributed by atoms with van der Waals surface area (Å²) < 4.78 is 21.0. The number of halogens is 2. The van der Waals surface area contributed by atoms with Gasteiger partial charge in [-0.25, -0.2) is 4.39 Å². The van der Waals surface area contributed by atoms with Crippen molar-refractivity contribution in [1.29, 1.82) is 0 Å². The molecule has 0 saturated heterocycles. The fraction of sp³-hybridized carbons (Fsp3) is 0.348. The van der Waals surface area contributed by atoms with Crippen LogP contribution in [0.2, 0.25) is 5.02 Å². The molecule has 4 rings (SSSR count). The van der Waals surface area contributed by atoms with Crippen LogP contribution in [-0.4, -0.2) is 30.2 Å². The van der Waals surface area contributed by atoms with Crippen LogP contribution in [0.5, 0.6) is 5.75 Å². The number of carbonyl (C=O) groups excluding carboxylic acids is 3. The highest BCUT2D eigenvalue weighted by Crippen LogP contribution is 2.43. The number of hydrogen-bond acceptors (Lipinski definition) is 5. The maximum atomic E-state index is 15.7. The third-order valence-electron chi connectivity index (χ3n) is 5.62. The second-order valence-electron chi connectivity index (χ2n) is 8.26. The lowest BCUT2D eigenvalue weighted by Gasteiger charge is -2.24. The first-order valence-electron chi connectivity index (χ1n) is 10.4. The molecule has 32 heavy (non-hydrogen) atoms. The molecule has 2 aromatic carbocycles. The Morgan fingerprint density at radius 1 is 1.31 bits per heavy atom. The number of anilines is 1. The van der Waals surface area contributed by atoms with Crippen molar-refractivity contribution in [3.63, 3.8) is 0 Å². The van der Waals surface area contributed by atoms with Crippen LogP contribution in [0.15, 0.2) is 30.3 Å². The number of carbonyl (C=O) groups is 3. The molecule has 2 aromatic rings. The summed E-state index contributed by atoms with van der Waals surface area (Å²) in [5.41, 5.74) is 6.03. The van der Waals surface area contributed by atoms with Crippen LogP contribution < -0.4 is 21.1 Å². The first-order chi connectivity index (χ1) is 15.2. The van der Waals surface area contributed by atoms with E-state index < -0.39 is 17.5 Å². The summed E-state index contributed by atoms with van der Waals surface area (Å²) in [5, 5.41) is 5.93. The molecule has 1 aliphatic carbocycles. The van der Waals surface area contributed by atoms with Crippen molar-refractivity contribution in [2.24, 2.45) is 11.7 Å². The van der Waals surface area contributed by atoms with E-state index in [1.807, 2.05) is 6.92 Å².